The number of nitrogens with zero attached hydrogens (tertiary/aromatic N) is 2. The maximum Gasteiger partial charge on any atom is 0.274 e. The van der Waals surface area contributed by atoms with Crippen LogP contribution in [0.25, 0.3) is 22.1 Å². The molecule has 0 atom stereocenters. The van der Waals surface area contributed by atoms with Gasteiger partial charge in [0.1, 0.15) is 19.0 Å². The Hall–Kier alpha value is -3.84. The molecule has 0 radical (unpaired) electrons. The van der Waals surface area contributed by atoms with Crippen LogP contribution in [0.1, 0.15) is 16.7 Å². The molecule has 0 N–H and O–H groups in total. The SMILES string of the molecule is COc1cc(C=c2sc3nc4ccccc4n3c2=O)ccc1OCCOc1cc(C)cc(C)c1. The highest BCUT2D eigenvalue weighted by Gasteiger charge is 2.11. The third-order valence-corrected chi connectivity index (χ3v) is 6.40. The second-order valence-electron chi connectivity index (χ2n) is 8.06. The van der Waals surface area contributed by atoms with E-state index in [4.69, 9.17) is 14.2 Å². The molecule has 0 fully saturated rings. The van der Waals surface area contributed by atoms with Crippen molar-refractivity contribution in [1.82, 2.24) is 9.38 Å². The highest BCUT2D eigenvalue weighted by Crippen LogP contribution is 2.28. The van der Waals surface area contributed by atoms with Crippen molar-refractivity contribution in [3.05, 3.63) is 92.2 Å². The summed E-state index contributed by atoms with van der Waals surface area (Å²) >= 11 is 1.37. The van der Waals surface area contributed by atoms with E-state index in [2.05, 4.69) is 11.1 Å². The Bertz CT molecular complexity index is 1580. The standard InChI is InChI=1S/C27H24N2O4S/c1-17-12-18(2)14-20(13-17)32-10-11-33-23-9-8-19(15-24(23)31-3)16-25-26(30)29-22-7-5-4-6-21(22)28-27(29)34-25/h4-9,12-16H,10-11H2,1-3H3. The van der Waals surface area contributed by atoms with Crippen molar-refractivity contribution in [2.24, 2.45) is 0 Å². The van der Waals surface area contributed by atoms with E-state index >= 15 is 0 Å². The number of fused-ring (bicyclic) bond motifs is 3. The van der Waals surface area contributed by atoms with Gasteiger partial charge >= 0.3 is 0 Å². The molecular formula is C27H24N2O4S. The fraction of sp³-hybridized carbons (Fsp3) is 0.185. The maximum absolute atomic E-state index is 13.0. The van der Waals surface area contributed by atoms with Crippen molar-refractivity contribution in [2.45, 2.75) is 13.8 Å². The van der Waals surface area contributed by atoms with Gasteiger partial charge in [-0.25, -0.2) is 9.38 Å². The summed E-state index contributed by atoms with van der Waals surface area (Å²) in [5, 5.41) is 0. The van der Waals surface area contributed by atoms with Crippen LogP contribution in [0, 0.1) is 13.8 Å². The monoisotopic (exact) mass is 472 g/mol. The number of methoxy groups -OCH3 is 1. The Morgan fingerprint density at radius 3 is 2.50 bits per heavy atom. The van der Waals surface area contributed by atoms with Crippen LogP contribution in [0.3, 0.4) is 0 Å². The molecule has 3 aromatic carbocycles. The summed E-state index contributed by atoms with van der Waals surface area (Å²) in [5.74, 6) is 2.05. The summed E-state index contributed by atoms with van der Waals surface area (Å²) in [6.07, 6.45) is 1.85. The molecule has 0 saturated heterocycles. The summed E-state index contributed by atoms with van der Waals surface area (Å²) in [6.45, 7) is 4.90. The first-order valence-corrected chi connectivity index (χ1v) is 11.8. The highest BCUT2D eigenvalue weighted by molar-refractivity contribution is 7.15. The van der Waals surface area contributed by atoms with Crippen molar-refractivity contribution >= 4 is 33.4 Å². The van der Waals surface area contributed by atoms with Crippen LogP contribution in [0.4, 0.5) is 0 Å². The highest BCUT2D eigenvalue weighted by atomic mass is 32.1. The van der Waals surface area contributed by atoms with Gasteiger partial charge in [-0.2, -0.15) is 0 Å². The van der Waals surface area contributed by atoms with Crippen LogP contribution in [-0.2, 0) is 0 Å². The van der Waals surface area contributed by atoms with Crippen molar-refractivity contribution in [2.75, 3.05) is 20.3 Å². The zero-order chi connectivity index (χ0) is 23.7. The normalized spacial score (nSPS) is 11.9. The zero-order valence-corrected chi connectivity index (χ0v) is 20.0. The number of thiazole rings is 1. The molecule has 0 saturated carbocycles. The molecule has 0 unspecified atom stereocenters. The molecule has 6 nitrogen and oxygen atoms in total. The van der Waals surface area contributed by atoms with Gasteiger partial charge < -0.3 is 14.2 Å². The van der Waals surface area contributed by atoms with Crippen LogP contribution in [0.5, 0.6) is 17.2 Å². The fourth-order valence-electron chi connectivity index (χ4n) is 3.98. The minimum atomic E-state index is -0.0727. The Morgan fingerprint density at radius 1 is 0.941 bits per heavy atom. The largest absolute Gasteiger partial charge is 0.493 e. The Kier molecular flexibility index (Phi) is 5.94. The Morgan fingerprint density at radius 2 is 1.71 bits per heavy atom. The van der Waals surface area contributed by atoms with E-state index < -0.39 is 0 Å². The average Bonchev–Trinajstić information content (AvgIpc) is 3.32. The summed E-state index contributed by atoms with van der Waals surface area (Å²) in [5.41, 5.74) is 4.75. The van der Waals surface area contributed by atoms with E-state index in [9.17, 15) is 4.79 Å². The summed E-state index contributed by atoms with van der Waals surface area (Å²) < 4.78 is 19.5. The van der Waals surface area contributed by atoms with Gasteiger partial charge in [-0.1, -0.05) is 35.6 Å². The number of para-hydroxylation sites is 2. The molecule has 34 heavy (non-hydrogen) atoms. The lowest BCUT2D eigenvalue weighted by molar-refractivity contribution is 0.211. The zero-order valence-electron chi connectivity index (χ0n) is 19.2. The molecule has 5 rings (SSSR count). The maximum atomic E-state index is 13.0. The number of ether oxygens (including phenoxy) is 3. The molecule has 172 valence electrons. The molecule has 2 aromatic heterocycles. The van der Waals surface area contributed by atoms with Crippen LogP contribution >= 0.6 is 11.3 Å². The molecule has 0 aliphatic rings. The lowest BCUT2D eigenvalue weighted by Gasteiger charge is -2.12. The van der Waals surface area contributed by atoms with Gasteiger partial charge in [-0.05, 0) is 73.0 Å². The molecular weight excluding hydrogens is 448 g/mol. The van der Waals surface area contributed by atoms with Crippen molar-refractivity contribution in [1.29, 1.82) is 0 Å². The topological polar surface area (TPSA) is 62.1 Å². The summed E-state index contributed by atoms with van der Waals surface area (Å²) in [6, 6.07) is 19.4. The van der Waals surface area contributed by atoms with Gasteiger partial charge in [0.15, 0.2) is 16.5 Å². The lowest BCUT2D eigenvalue weighted by atomic mass is 10.1. The van der Waals surface area contributed by atoms with E-state index in [-0.39, 0.29) is 5.56 Å². The summed E-state index contributed by atoms with van der Waals surface area (Å²) in [7, 11) is 1.60. The fourth-order valence-corrected chi connectivity index (χ4v) is 4.97. The van der Waals surface area contributed by atoms with Gasteiger partial charge in [0.05, 0.1) is 22.7 Å². The predicted molar refractivity (Wildman–Crippen MR) is 136 cm³/mol. The van der Waals surface area contributed by atoms with Crippen LogP contribution < -0.4 is 24.3 Å². The first-order valence-electron chi connectivity index (χ1n) is 11.0. The van der Waals surface area contributed by atoms with Crippen LogP contribution in [0.15, 0.2) is 65.5 Å². The van der Waals surface area contributed by atoms with Gasteiger partial charge in [-0.15, -0.1) is 0 Å². The van der Waals surface area contributed by atoms with E-state index in [1.807, 2.05) is 74.5 Å². The van der Waals surface area contributed by atoms with E-state index in [0.29, 0.717) is 34.2 Å². The summed E-state index contributed by atoms with van der Waals surface area (Å²) in [4.78, 5) is 18.2. The van der Waals surface area contributed by atoms with E-state index in [1.54, 1.807) is 11.5 Å². The third-order valence-electron chi connectivity index (χ3n) is 5.44. The molecule has 0 amide bonds. The minimum absolute atomic E-state index is 0.0727. The number of imidazole rings is 1. The quantitative estimate of drug-likeness (QED) is 0.326. The number of hydrogen-bond donors (Lipinski definition) is 0. The second kappa shape index (κ2) is 9.19. The van der Waals surface area contributed by atoms with E-state index in [1.165, 1.54) is 11.3 Å². The number of hydrogen-bond acceptors (Lipinski definition) is 6. The molecule has 7 heteroatoms. The molecule has 2 heterocycles. The first-order chi connectivity index (χ1) is 16.5. The Balaban J connectivity index is 1.33. The number of aryl methyl sites for hydroxylation is 2. The third kappa shape index (κ3) is 4.34. The molecule has 5 aromatic rings. The lowest BCUT2D eigenvalue weighted by Crippen LogP contribution is -2.22. The van der Waals surface area contributed by atoms with Gasteiger partial charge in [0, 0.05) is 0 Å². The van der Waals surface area contributed by atoms with Crippen molar-refractivity contribution in [3.63, 3.8) is 0 Å². The first kappa shape index (κ1) is 22.0. The van der Waals surface area contributed by atoms with Crippen molar-refractivity contribution in [3.8, 4) is 17.2 Å². The Labute approximate surface area is 200 Å². The predicted octanol–water partition coefficient (Wildman–Crippen LogP) is 4.54. The molecule has 0 aliphatic heterocycles. The molecule has 0 spiro atoms. The van der Waals surface area contributed by atoms with Gasteiger partial charge in [0.2, 0.25) is 0 Å². The van der Waals surface area contributed by atoms with Crippen molar-refractivity contribution < 1.29 is 14.2 Å². The smallest absolute Gasteiger partial charge is 0.274 e. The van der Waals surface area contributed by atoms with Gasteiger partial charge in [0.25, 0.3) is 5.56 Å². The van der Waals surface area contributed by atoms with Crippen LogP contribution in [-0.4, -0.2) is 29.7 Å². The minimum Gasteiger partial charge on any atom is -0.493 e. The molecule has 0 aliphatic carbocycles. The number of benzene rings is 3. The average molecular weight is 473 g/mol. The van der Waals surface area contributed by atoms with Gasteiger partial charge in [-0.3, -0.25) is 4.79 Å². The van der Waals surface area contributed by atoms with Crippen LogP contribution in [0.2, 0.25) is 0 Å². The van der Waals surface area contributed by atoms with E-state index in [0.717, 1.165) is 33.5 Å². The molecule has 0 bridgehead atoms. The number of rotatable bonds is 7. The second-order valence-corrected chi connectivity index (χ2v) is 9.07. The number of aromatic nitrogens is 2.